The van der Waals surface area contributed by atoms with Gasteiger partial charge in [0.15, 0.2) is 0 Å². The Morgan fingerprint density at radius 3 is 2.61 bits per heavy atom. The van der Waals surface area contributed by atoms with Crippen LogP contribution >= 0.6 is 27.3 Å². The van der Waals surface area contributed by atoms with Crippen LogP contribution in [0.25, 0.3) is 0 Å². The van der Waals surface area contributed by atoms with Gasteiger partial charge >= 0.3 is 0 Å². The Bertz CT molecular complexity index is 529. The van der Waals surface area contributed by atoms with Crippen molar-refractivity contribution in [2.75, 3.05) is 0 Å². The van der Waals surface area contributed by atoms with Crippen LogP contribution < -0.4 is 4.72 Å². The van der Waals surface area contributed by atoms with Gasteiger partial charge in [-0.2, -0.15) is 0 Å². The minimum Gasteiger partial charge on any atom is -0.207 e. The molecular weight excluding hydrogens is 334 g/mol. The van der Waals surface area contributed by atoms with Gasteiger partial charge in [-0.15, -0.1) is 11.3 Å². The standard InChI is InChI=1S/C12H18BrNO2S2/c1-8-7-10(17-11(8)13)18(15,16)14-9-5-4-6-12(9,2)3/h7,9,14H,4-6H2,1-3H3. The minimum absolute atomic E-state index is 0.0451. The second kappa shape index (κ2) is 4.89. The molecule has 1 aliphatic rings. The maximum atomic E-state index is 12.3. The molecule has 0 aliphatic heterocycles. The second-order valence-electron chi connectivity index (χ2n) is 5.58. The van der Waals surface area contributed by atoms with Gasteiger partial charge in [-0.3, -0.25) is 0 Å². The summed E-state index contributed by atoms with van der Waals surface area (Å²) < 4.78 is 28.8. The highest BCUT2D eigenvalue weighted by atomic mass is 79.9. The fourth-order valence-electron chi connectivity index (χ4n) is 2.35. The number of rotatable bonds is 3. The van der Waals surface area contributed by atoms with Crippen molar-refractivity contribution in [2.24, 2.45) is 5.41 Å². The molecule has 1 heterocycles. The Morgan fingerprint density at radius 2 is 2.17 bits per heavy atom. The largest absolute Gasteiger partial charge is 0.250 e. The molecule has 0 spiro atoms. The quantitative estimate of drug-likeness (QED) is 0.902. The van der Waals surface area contributed by atoms with Gasteiger partial charge < -0.3 is 0 Å². The monoisotopic (exact) mass is 351 g/mol. The molecule has 1 saturated carbocycles. The van der Waals surface area contributed by atoms with Crippen LogP contribution in [-0.2, 0) is 10.0 Å². The van der Waals surface area contributed by atoms with Gasteiger partial charge in [0.05, 0.1) is 3.79 Å². The van der Waals surface area contributed by atoms with E-state index in [2.05, 4.69) is 34.5 Å². The molecular formula is C12H18BrNO2S2. The van der Waals surface area contributed by atoms with Crippen LogP contribution in [0.5, 0.6) is 0 Å². The van der Waals surface area contributed by atoms with Gasteiger partial charge in [-0.1, -0.05) is 20.3 Å². The molecule has 0 radical (unpaired) electrons. The number of nitrogens with one attached hydrogen (secondary N) is 1. The van der Waals surface area contributed by atoms with E-state index in [4.69, 9.17) is 0 Å². The van der Waals surface area contributed by atoms with E-state index in [1.807, 2.05) is 6.92 Å². The number of aryl methyl sites for hydroxylation is 1. The zero-order valence-corrected chi connectivity index (χ0v) is 14.0. The lowest BCUT2D eigenvalue weighted by Gasteiger charge is -2.27. The Kier molecular flexibility index (Phi) is 3.94. The molecule has 18 heavy (non-hydrogen) atoms. The summed E-state index contributed by atoms with van der Waals surface area (Å²) >= 11 is 4.64. The molecule has 6 heteroatoms. The SMILES string of the molecule is Cc1cc(S(=O)(=O)NC2CCCC2(C)C)sc1Br. The van der Waals surface area contributed by atoms with Crippen LogP contribution in [0.2, 0.25) is 0 Å². The lowest BCUT2D eigenvalue weighted by Crippen LogP contribution is -2.41. The first kappa shape index (κ1) is 14.5. The minimum atomic E-state index is -3.38. The van der Waals surface area contributed by atoms with Gasteiger partial charge in [0.25, 0.3) is 0 Å². The molecule has 0 aromatic carbocycles. The van der Waals surface area contributed by atoms with Crippen molar-refractivity contribution >= 4 is 37.3 Å². The third-order valence-corrected chi connectivity index (χ3v) is 7.74. The van der Waals surface area contributed by atoms with Crippen LogP contribution in [-0.4, -0.2) is 14.5 Å². The molecule has 102 valence electrons. The Balaban J connectivity index is 2.22. The molecule has 1 aliphatic carbocycles. The highest BCUT2D eigenvalue weighted by Crippen LogP contribution is 2.38. The summed E-state index contributed by atoms with van der Waals surface area (Å²) in [6.45, 7) is 6.16. The highest BCUT2D eigenvalue weighted by molar-refractivity contribution is 9.11. The average molecular weight is 352 g/mol. The van der Waals surface area contributed by atoms with Crippen LogP contribution in [0.15, 0.2) is 14.1 Å². The predicted molar refractivity (Wildman–Crippen MR) is 78.5 cm³/mol. The van der Waals surface area contributed by atoms with Gasteiger partial charge in [-0.05, 0) is 52.7 Å². The summed E-state index contributed by atoms with van der Waals surface area (Å²) in [4.78, 5) is 0. The van der Waals surface area contributed by atoms with E-state index in [1.165, 1.54) is 11.3 Å². The molecule has 0 amide bonds. The van der Waals surface area contributed by atoms with Crippen molar-refractivity contribution in [3.05, 3.63) is 15.4 Å². The van der Waals surface area contributed by atoms with E-state index < -0.39 is 10.0 Å². The molecule has 2 rings (SSSR count). The first-order valence-electron chi connectivity index (χ1n) is 6.01. The van der Waals surface area contributed by atoms with Crippen molar-refractivity contribution in [2.45, 2.75) is 50.3 Å². The molecule has 1 fully saturated rings. The highest BCUT2D eigenvalue weighted by Gasteiger charge is 2.37. The van der Waals surface area contributed by atoms with Gasteiger partial charge in [0, 0.05) is 6.04 Å². The van der Waals surface area contributed by atoms with Gasteiger partial charge in [0.2, 0.25) is 10.0 Å². The lowest BCUT2D eigenvalue weighted by molar-refractivity contribution is 0.313. The zero-order chi connectivity index (χ0) is 13.6. The third-order valence-electron chi connectivity index (χ3n) is 3.65. The van der Waals surface area contributed by atoms with Crippen molar-refractivity contribution in [1.82, 2.24) is 4.72 Å². The van der Waals surface area contributed by atoms with Crippen molar-refractivity contribution in [3.8, 4) is 0 Å². The van der Waals surface area contributed by atoms with Crippen LogP contribution in [0.3, 0.4) is 0 Å². The topological polar surface area (TPSA) is 46.2 Å². The van der Waals surface area contributed by atoms with Crippen LogP contribution in [0, 0.1) is 12.3 Å². The molecule has 1 N–H and O–H groups in total. The normalized spacial score (nSPS) is 23.4. The van der Waals surface area contributed by atoms with Gasteiger partial charge in [-0.25, -0.2) is 13.1 Å². The van der Waals surface area contributed by atoms with E-state index in [0.717, 1.165) is 28.6 Å². The Labute approximate surface area is 121 Å². The first-order chi connectivity index (χ1) is 8.22. The van der Waals surface area contributed by atoms with E-state index in [9.17, 15) is 8.42 Å². The van der Waals surface area contributed by atoms with Crippen LogP contribution in [0.1, 0.15) is 38.7 Å². The summed E-state index contributed by atoms with van der Waals surface area (Å²) in [6, 6.07) is 1.77. The maximum Gasteiger partial charge on any atom is 0.250 e. The smallest absolute Gasteiger partial charge is 0.207 e. The number of thiophene rings is 1. The maximum absolute atomic E-state index is 12.3. The lowest BCUT2D eigenvalue weighted by atomic mass is 9.88. The molecule has 1 aromatic rings. The number of sulfonamides is 1. The van der Waals surface area contributed by atoms with E-state index in [0.29, 0.717) is 4.21 Å². The van der Waals surface area contributed by atoms with E-state index in [-0.39, 0.29) is 11.5 Å². The van der Waals surface area contributed by atoms with Crippen molar-refractivity contribution < 1.29 is 8.42 Å². The molecule has 1 unspecified atom stereocenters. The zero-order valence-electron chi connectivity index (χ0n) is 10.8. The Hall–Kier alpha value is 0.0900. The van der Waals surface area contributed by atoms with E-state index in [1.54, 1.807) is 6.07 Å². The summed E-state index contributed by atoms with van der Waals surface area (Å²) in [5.41, 5.74) is 1.02. The molecule has 1 aromatic heterocycles. The van der Waals surface area contributed by atoms with Crippen molar-refractivity contribution in [3.63, 3.8) is 0 Å². The Morgan fingerprint density at radius 1 is 1.50 bits per heavy atom. The fraction of sp³-hybridized carbons (Fsp3) is 0.667. The summed E-state index contributed by atoms with van der Waals surface area (Å²) in [5.74, 6) is 0. The number of halogens is 1. The molecule has 0 bridgehead atoms. The van der Waals surface area contributed by atoms with Crippen LogP contribution in [0.4, 0.5) is 0 Å². The van der Waals surface area contributed by atoms with Gasteiger partial charge in [0.1, 0.15) is 4.21 Å². The third kappa shape index (κ3) is 2.81. The predicted octanol–water partition coefficient (Wildman–Crippen LogP) is 3.68. The molecule has 3 nitrogen and oxygen atoms in total. The average Bonchev–Trinajstić information content (AvgIpc) is 2.72. The number of hydrogen-bond acceptors (Lipinski definition) is 3. The van der Waals surface area contributed by atoms with E-state index >= 15 is 0 Å². The van der Waals surface area contributed by atoms with Crippen molar-refractivity contribution in [1.29, 1.82) is 0 Å². The summed E-state index contributed by atoms with van der Waals surface area (Å²) in [6.07, 6.45) is 3.10. The second-order valence-corrected chi connectivity index (χ2v) is 9.89. The number of hydrogen-bond donors (Lipinski definition) is 1. The molecule has 1 atom stereocenters. The summed E-state index contributed by atoms with van der Waals surface area (Å²) in [7, 11) is -3.38. The first-order valence-corrected chi connectivity index (χ1v) is 9.10. The fourth-order valence-corrected chi connectivity index (χ4v) is 6.04. The summed E-state index contributed by atoms with van der Waals surface area (Å²) in [5, 5.41) is 0. The molecule has 0 saturated heterocycles.